The van der Waals surface area contributed by atoms with E-state index in [-0.39, 0.29) is 5.91 Å². The van der Waals surface area contributed by atoms with E-state index >= 15 is 0 Å². The van der Waals surface area contributed by atoms with E-state index in [0.717, 1.165) is 38.1 Å². The lowest BCUT2D eigenvalue weighted by molar-refractivity contribution is 0.0725. The van der Waals surface area contributed by atoms with Crippen LogP contribution in [-0.2, 0) is 0 Å². The number of benzene rings is 1. The minimum absolute atomic E-state index is 0.0410. The number of nitrogen functional groups attached to an aromatic ring is 1. The number of piperidine rings is 1. The van der Waals surface area contributed by atoms with Crippen LogP contribution in [0.4, 0.5) is 5.69 Å². The zero-order valence-corrected chi connectivity index (χ0v) is 11.5. The largest absolute Gasteiger partial charge is 0.494 e. The Bertz CT molecular complexity index is 440. The third kappa shape index (κ3) is 3.40. The molecule has 1 heterocycles. The lowest BCUT2D eigenvalue weighted by atomic mass is 10.1. The Morgan fingerprint density at radius 3 is 2.68 bits per heavy atom. The molecule has 19 heavy (non-hydrogen) atoms. The van der Waals surface area contributed by atoms with Crippen molar-refractivity contribution in [3.8, 4) is 5.75 Å². The topological polar surface area (TPSA) is 55.6 Å². The van der Waals surface area contributed by atoms with E-state index in [2.05, 4.69) is 6.92 Å². The molecule has 1 saturated heterocycles. The number of carbonyl (C=O) groups is 1. The molecule has 1 aromatic carbocycles. The van der Waals surface area contributed by atoms with Gasteiger partial charge < -0.3 is 15.4 Å². The molecule has 4 nitrogen and oxygen atoms in total. The summed E-state index contributed by atoms with van der Waals surface area (Å²) in [7, 11) is 0. The second-order valence-corrected chi connectivity index (χ2v) is 4.95. The number of nitrogens with zero attached hydrogens (tertiary/aromatic N) is 1. The van der Waals surface area contributed by atoms with Gasteiger partial charge in [-0.1, -0.05) is 6.92 Å². The van der Waals surface area contributed by atoms with Gasteiger partial charge in [0, 0.05) is 24.8 Å². The molecule has 0 bridgehead atoms. The fraction of sp³-hybridized carbons (Fsp3) is 0.533. The Balaban J connectivity index is 2.09. The molecule has 1 aliphatic heterocycles. The van der Waals surface area contributed by atoms with Crippen LogP contribution in [0.1, 0.15) is 43.0 Å². The smallest absolute Gasteiger partial charge is 0.255 e. The number of amides is 1. The molecule has 0 atom stereocenters. The highest BCUT2D eigenvalue weighted by atomic mass is 16.5. The van der Waals surface area contributed by atoms with Crippen LogP contribution < -0.4 is 10.5 Å². The summed E-state index contributed by atoms with van der Waals surface area (Å²) in [5.41, 5.74) is 7.07. The third-order valence-electron chi connectivity index (χ3n) is 3.37. The van der Waals surface area contributed by atoms with Crippen LogP contribution in [0.15, 0.2) is 18.2 Å². The summed E-state index contributed by atoms with van der Waals surface area (Å²) >= 11 is 0. The quantitative estimate of drug-likeness (QED) is 0.849. The predicted octanol–water partition coefficient (Wildman–Crippen LogP) is 2.68. The van der Waals surface area contributed by atoms with Gasteiger partial charge in [-0.05, 0) is 37.8 Å². The molecule has 0 radical (unpaired) electrons. The van der Waals surface area contributed by atoms with Gasteiger partial charge in [-0.25, -0.2) is 0 Å². The van der Waals surface area contributed by atoms with E-state index in [0.29, 0.717) is 17.9 Å². The van der Waals surface area contributed by atoms with Gasteiger partial charge in [-0.3, -0.25) is 4.79 Å². The van der Waals surface area contributed by atoms with E-state index in [1.807, 2.05) is 11.0 Å². The van der Waals surface area contributed by atoms with Crippen molar-refractivity contribution in [1.82, 2.24) is 4.90 Å². The Morgan fingerprint density at radius 1 is 1.32 bits per heavy atom. The molecule has 1 aliphatic rings. The lowest BCUT2D eigenvalue weighted by Gasteiger charge is -2.27. The SMILES string of the molecule is CCCOc1ccc(C(=O)N2CCCCC2)c(N)c1. The van der Waals surface area contributed by atoms with Crippen LogP contribution in [0.3, 0.4) is 0 Å². The average molecular weight is 262 g/mol. The Morgan fingerprint density at radius 2 is 2.05 bits per heavy atom. The van der Waals surface area contributed by atoms with Crippen LogP contribution in [0, 0.1) is 0 Å². The maximum Gasteiger partial charge on any atom is 0.255 e. The molecule has 0 aliphatic carbocycles. The van der Waals surface area contributed by atoms with Gasteiger partial charge in [-0.15, -0.1) is 0 Å². The summed E-state index contributed by atoms with van der Waals surface area (Å²) in [6, 6.07) is 5.34. The molecule has 104 valence electrons. The van der Waals surface area contributed by atoms with Crippen LogP contribution >= 0.6 is 0 Å². The number of ether oxygens (including phenoxy) is 1. The Labute approximate surface area is 114 Å². The van der Waals surface area contributed by atoms with Crippen molar-refractivity contribution in [2.75, 3.05) is 25.4 Å². The second-order valence-electron chi connectivity index (χ2n) is 4.95. The minimum Gasteiger partial charge on any atom is -0.494 e. The zero-order valence-electron chi connectivity index (χ0n) is 11.5. The van der Waals surface area contributed by atoms with Crippen molar-refractivity contribution < 1.29 is 9.53 Å². The van der Waals surface area contributed by atoms with E-state index < -0.39 is 0 Å². The molecular formula is C15H22N2O2. The molecule has 1 fully saturated rings. The van der Waals surface area contributed by atoms with E-state index in [1.54, 1.807) is 12.1 Å². The molecule has 0 unspecified atom stereocenters. The summed E-state index contributed by atoms with van der Waals surface area (Å²) in [4.78, 5) is 14.2. The van der Waals surface area contributed by atoms with Crippen molar-refractivity contribution >= 4 is 11.6 Å². The maximum absolute atomic E-state index is 12.4. The van der Waals surface area contributed by atoms with Crippen LogP contribution in [0.25, 0.3) is 0 Å². The second kappa shape index (κ2) is 6.45. The fourth-order valence-electron chi connectivity index (χ4n) is 2.31. The molecule has 2 rings (SSSR count). The number of rotatable bonds is 4. The van der Waals surface area contributed by atoms with Crippen LogP contribution in [0.5, 0.6) is 5.75 Å². The van der Waals surface area contributed by atoms with Gasteiger partial charge in [0.1, 0.15) is 5.75 Å². The van der Waals surface area contributed by atoms with E-state index in [9.17, 15) is 4.79 Å². The molecular weight excluding hydrogens is 240 g/mol. The van der Waals surface area contributed by atoms with Gasteiger partial charge in [0.15, 0.2) is 0 Å². The van der Waals surface area contributed by atoms with Crippen molar-refractivity contribution in [1.29, 1.82) is 0 Å². The molecule has 4 heteroatoms. The molecule has 0 spiro atoms. The highest BCUT2D eigenvalue weighted by Gasteiger charge is 2.20. The van der Waals surface area contributed by atoms with Crippen LogP contribution in [-0.4, -0.2) is 30.5 Å². The summed E-state index contributed by atoms with van der Waals surface area (Å²) < 4.78 is 5.51. The number of anilines is 1. The van der Waals surface area contributed by atoms with E-state index in [1.165, 1.54) is 6.42 Å². The number of carbonyl (C=O) groups excluding carboxylic acids is 1. The molecule has 2 N–H and O–H groups in total. The lowest BCUT2D eigenvalue weighted by Crippen LogP contribution is -2.35. The molecule has 1 amide bonds. The third-order valence-corrected chi connectivity index (χ3v) is 3.37. The fourth-order valence-corrected chi connectivity index (χ4v) is 2.31. The van der Waals surface area contributed by atoms with Gasteiger partial charge in [0.25, 0.3) is 5.91 Å². The molecule has 1 aromatic rings. The van der Waals surface area contributed by atoms with E-state index in [4.69, 9.17) is 10.5 Å². The first-order valence-electron chi connectivity index (χ1n) is 7.04. The van der Waals surface area contributed by atoms with Gasteiger partial charge in [0.2, 0.25) is 0 Å². The van der Waals surface area contributed by atoms with Crippen molar-refractivity contribution in [3.63, 3.8) is 0 Å². The standard InChI is InChI=1S/C15H22N2O2/c1-2-10-19-12-6-7-13(14(16)11-12)15(18)17-8-4-3-5-9-17/h6-7,11H,2-5,8-10,16H2,1H3. The van der Waals surface area contributed by atoms with Crippen LogP contribution in [0.2, 0.25) is 0 Å². The predicted molar refractivity (Wildman–Crippen MR) is 76.4 cm³/mol. The van der Waals surface area contributed by atoms with Crippen molar-refractivity contribution in [3.05, 3.63) is 23.8 Å². The summed E-state index contributed by atoms with van der Waals surface area (Å²) in [6.45, 7) is 4.40. The summed E-state index contributed by atoms with van der Waals surface area (Å²) in [6.07, 6.45) is 4.34. The van der Waals surface area contributed by atoms with Crippen molar-refractivity contribution in [2.45, 2.75) is 32.6 Å². The van der Waals surface area contributed by atoms with Gasteiger partial charge in [0.05, 0.1) is 12.2 Å². The normalized spacial score (nSPS) is 15.3. The first-order valence-corrected chi connectivity index (χ1v) is 7.04. The minimum atomic E-state index is 0.0410. The Hall–Kier alpha value is -1.71. The van der Waals surface area contributed by atoms with Crippen molar-refractivity contribution in [2.24, 2.45) is 0 Å². The molecule has 0 aromatic heterocycles. The number of hydrogen-bond acceptors (Lipinski definition) is 3. The number of nitrogens with two attached hydrogens (primary N) is 1. The highest BCUT2D eigenvalue weighted by Crippen LogP contribution is 2.23. The van der Waals surface area contributed by atoms with Gasteiger partial charge in [-0.2, -0.15) is 0 Å². The molecule has 0 saturated carbocycles. The monoisotopic (exact) mass is 262 g/mol. The maximum atomic E-state index is 12.4. The van der Waals surface area contributed by atoms with Gasteiger partial charge >= 0.3 is 0 Å². The number of hydrogen-bond donors (Lipinski definition) is 1. The zero-order chi connectivity index (χ0) is 13.7. The number of likely N-dealkylation sites (tertiary alicyclic amines) is 1. The highest BCUT2D eigenvalue weighted by molar-refractivity contribution is 5.99. The summed E-state index contributed by atoms with van der Waals surface area (Å²) in [5.74, 6) is 0.772. The summed E-state index contributed by atoms with van der Waals surface area (Å²) in [5, 5.41) is 0. The average Bonchev–Trinajstić information content (AvgIpc) is 2.45. The first-order chi connectivity index (χ1) is 9.22. The first kappa shape index (κ1) is 13.7. The Kier molecular flexibility index (Phi) is 4.66.